The van der Waals surface area contributed by atoms with Gasteiger partial charge in [-0.3, -0.25) is 4.98 Å². The standard InChI is InChI=1S/C13H19F3N2O/c1-4-5-18-12(13(14,15)16)10-6-11(8-17-7-10)19-9(2)3/h6-9,12,18H,4-5H2,1-3H3. The van der Waals surface area contributed by atoms with Crippen LogP contribution >= 0.6 is 0 Å². The van der Waals surface area contributed by atoms with E-state index in [1.54, 1.807) is 0 Å². The maximum atomic E-state index is 13.0. The van der Waals surface area contributed by atoms with Crippen molar-refractivity contribution in [2.24, 2.45) is 0 Å². The Kier molecular flexibility index (Phi) is 5.60. The van der Waals surface area contributed by atoms with E-state index in [2.05, 4.69) is 10.3 Å². The SMILES string of the molecule is CCCNC(c1cncc(OC(C)C)c1)C(F)(F)F. The quantitative estimate of drug-likeness (QED) is 0.863. The van der Waals surface area contributed by atoms with Crippen LogP contribution in [-0.4, -0.2) is 23.8 Å². The number of hydrogen-bond acceptors (Lipinski definition) is 3. The molecule has 108 valence electrons. The molecule has 1 aromatic rings. The van der Waals surface area contributed by atoms with Crippen LogP contribution < -0.4 is 10.1 Å². The molecule has 0 spiro atoms. The first-order valence-electron chi connectivity index (χ1n) is 6.26. The summed E-state index contributed by atoms with van der Waals surface area (Å²) >= 11 is 0. The minimum Gasteiger partial charge on any atom is -0.489 e. The number of aromatic nitrogens is 1. The Balaban J connectivity index is 2.95. The van der Waals surface area contributed by atoms with Gasteiger partial charge in [-0.15, -0.1) is 0 Å². The van der Waals surface area contributed by atoms with E-state index in [1.165, 1.54) is 18.5 Å². The molecule has 0 aromatic carbocycles. The van der Waals surface area contributed by atoms with Crippen molar-refractivity contribution in [3.63, 3.8) is 0 Å². The molecule has 6 heteroatoms. The zero-order chi connectivity index (χ0) is 14.5. The van der Waals surface area contributed by atoms with Crippen LogP contribution in [0.25, 0.3) is 0 Å². The van der Waals surface area contributed by atoms with E-state index >= 15 is 0 Å². The first kappa shape index (κ1) is 15.8. The van der Waals surface area contributed by atoms with Crippen molar-refractivity contribution in [1.82, 2.24) is 10.3 Å². The minimum atomic E-state index is -4.35. The number of alkyl halides is 3. The van der Waals surface area contributed by atoms with Crippen molar-refractivity contribution in [2.75, 3.05) is 6.54 Å². The normalized spacial score (nSPS) is 13.6. The van der Waals surface area contributed by atoms with E-state index in [-0.39, 0.29) is 11.7 Å². The summed E-state index contributed by atoms with van der Waals surface area (Å²) < 4.78 is 44.3. The lowest BCUT2D eigenvalue weighted by atomic mass is 10.1. The predicted molar refractivity (Wildman–Crippen MR) is 67.1 cm³/mol. The molecule has 0 bridgehead atoms. The second kappa shape index (κ2) is 6.75. The van der Waals surface area contributed by atoms with Gasteiger partial charge < -0.3 is 10.1 Å². The molecule has 0 saturated heterocycles. The van der Waals surface area contributed by atoms with Gasteiger partial charge in [0.2, 0.25) is 0 Å². The molecule has 1 N–H and O–H groups in total. The second-order valence-corrected chi connectivity index (χ2v) is 4.55. The Morgan fingerprint density at radius 3 is 2.53 bits per heavy atom. The lowest BCUT2D eigenvalue weighted by Crippen LogP contribution is -2.34. The summed E-state index contributed by atoms with van der Waals surface area (Å²) in [6.07, 6.45) is -1.20. The molecule has 3 nitrogen and oxygen atoms in total. The van der Waals surface area contributed by atoms with E-state index in [0.717, 1.165) is 0 Å². The summed E-state index contributed by atoms with van der Waals surface area (Å²) in [5.41, 5.74) is 0.0686. The summed E-state index contributed by atoms with van der Waals surface area (Å²) in [6.45, 7) is 5.73. The molecule has 0 aliphatic carbocycles. The Morgan fingerprint density at radius 2 is 2.00 bits per heavy atom. The van der Waals surface area contributed by atoms with Crippen LogP contribution in [0, 0.1) is 0 Å². The molecule has 0 aliphatic heterocycles. The average molecular weight is 276 g/mol. The summed E-state index contributed by atoms with van der Waals surface area (Å²) in [5.74, 6) is 0.347. The molecular weight excluding hydrogens is 257 g/mol. The Hall–Kier alpha value is -1.30. The molecule has 0 radical (unpaired) electrons. The Morgan fingerprint density at radius 1 is 1.32 bits per heavy atom. The predicted octanol–water partition coefficient (Wildman–Crippen LogP) is 3.47. The molecule has 0 saturated carbocycles. The van der Waals surface area contributed by atoms with Crippen molar-refractivity contribution in [3.05, 3.63) is 24.0 Å². The van der Waals surface area contributed by atoms with Gasteiger partial charge in [-0.25, -0.2) is 0 Å². The number of halogens is 3. The molecule has 0 amide bonds. The van der Waals surface area contributed by atoms with Gasteiger partial charge in [-0.05, 0) is 32.9 Å². The fourth-order valence-corrected chi connectivity index (χ4v) is 1.64. The smallest absolute Gasteiger partial charge is 0.407 e. The number of nitrogens with zero attached hydrogens (tertiary/aromatic N) is 1. The van der Waals surface area contributed by atoms with Gasteiger partial charge in [0, 0.05) is 11.8 Å². The third-order valence-electron chi connectivity index (χ3n) is 2.37. The number of nitrogens with one attached hydrogen (secondary N) is 1. The van der Waals surface area contributed by atoms with Crippen molar-refractivity contribution in [1.29, 1.82) is 0 Å². The number of rotatable bonds is 6. The van der Waals surface area contributed by atoms with Gasteiger partial charge in [-0.2, -0.15) is 13.2 Å². The highest BCUT2D eigenvalue weighted by Gasteiger charge is 2.40. The topological polar surface area (TPSA) is 34.2 Å². The van der Waals surface area contributed by atoms with Crippen molar-refractivity contribution in [3.8, 4) is 5.75 Å². The monoisotopic (exact) mass is 276 g/mol. The van der Waals surface area contributed by atoms with Crippen LogP contribution in [0.15, 0.2) is 18.5 Å². The van der Waals surface area contributed by atoms with Crippen LogP contribution in [0.4, 0.5) is 13.2 Å². The molecule has 1 heterocycles. The van der Waals surface area contributed by atoms with Gasteiger partial charge in [0.15, 0.2) is 0 Å². The zero-order valence-corrected chi connectivity index (χ0v) is 11.3. The van der Waals surface area contributed by atoms with Crippen LogP contribution in [0.1, 0.15) is 38.8 Å². The van der Waals surface area contributed by atoms with Gasteiger partial charge in [0.05, 0.1) is 12.3 Å². The van der Waals surface area contributed by atoms with Gasteiger partial charge in [0.1, 0.15) is 11.8 Å². The summed E-state index contributed by atoms with van der Waals surface area (Å²) in [5, 5.41) is 2.49. The van der Waals surface area contributed by atoms with Crippen LogP contribution in [-0.2, 0) is 0 Å². The average Bonchev–Trinajstić information content (AvgIpc) is 2.27. The Bertz CT molecular complexity index is 394. The molecule has 1 atom stereocenters. The fourth-order valence-electron chi connectivity index (χ4n) is 1.64. The summed E-state index contributed by atoms with van der Waals surface area (Å²) in [4.78, 5) is 3.82. The molecule has 1 aromatic heterocycles. The van der Waals surface area contributed by atoms with Crippen LogP contribution in [0.3, 0.4) is 0 Å². The maximum absolute atomic E-state index is 13.0. The largest absolute Gasteiger partial charge is 0.489 e. The van der Waals surface area contributed by atoms with Crippen LogP contribution in [0.2, 0.25) is 0 Å². The zero-order valence-electron chi connectivity index (χ0n) is 11.3. The van der Waals surface area contributed by atoms with Gasteiger partial charge in [-0.1, -0.05) is 6.92 Å². The number of ether oxygens (including phenoxy) is 1. The van der Waals surface area contributed by atoms with Gasteiger partial charge in [0.25, 0.3) is 0 Å². The van der Waals surface area contributed by atoms with E-state index in [0.29, 0.717) is 18.7 Å². The second-order valence-electron chi connectivity index (χ2n) is 4.55. The minimum absolute atomic E-state index is 0.0686. The molecular formula is C13H19F3N2O. The first-order valence-corrected chi connectivity index (χ1v) is 6.26. The van der Waals surface area contributed by atoms with E-state index in [9.17, 15) is 13.2 Å². The van der Waals surface area contributed by atoms with E-state index in [4.69, 9.17) is 4.74 Å². The molecule has 1 unspecified atom stereocenters. The highest BCUT2D eigenvalue weighted by Crippen LogP contribution is 2.33. The van der Waals surface area contributed by atoms with Gasteiger partial charge >= 0.3 is 6.18 Å². The summed E-state index contributed by atoms with van der Waals surface area (Å²) in [6, 6.07) is -0.330. The highest BCUT2D eigenvalue weighted by atomic mass is 19.4. The van der Waals surface area contributed by atoms with Crippen molar-refractivity contribution in [2.45, 2.75) is 45.5 Å². The lowest BCUT2D eigenvalue weighted by molar-refractivity contribution is -0.157. The third-order valence-corrected chi connectivity index (χ3v) is 2.37. The molecule has 0 fully saturated rings. The number of pyridine rings is 1. The molecule has 19 heavy (non-hydrogen) atoms. The van der Waals surface area contributed by atoms with Crippen LogP contribution in [0.5, 0.6) is 5.75 Å². The Labute approximate surface area is 111 Å². The lowest BCUT2D eigenvalue weighted by Gasteiger charge is -2.22. The van der Waals surface area contributed by atoms with Crippen molar-refractivity contribution < 1.29 is 17.9 Å². The summed E-state index contributed by atoms with van der Waals surface area (Å²) in [7, 11) is 0. The van der Waals surface area contributed by atoms with E-state index in [1.807, 2.05) is 20.8 Å². The number of hydrogen-bond donors (Lipinski definition) is 1. The fraction of sp³-hybridized carbons (Fsp3) is 0.615. The first-order chi connectivity index (χ1) is 8.84. The van der Waals surface area contributed by atoms with Crippen molar-refractivity contribution >= 4 is 0 Å². The third kappa shape index (κ3) is 5.06. The molecule has 1 rings (SSSR count). The molecule has 0 aliphatic rings. The maximum Gasteiger partial charge on any atom is 0.407 e. The van der Waals surface area contributed by atoms with E-state index < -0.39 is 12.2 Å². The highest BCUT2D eigenvalue weighted by molar-refractivity contribution is 5.27.